The first-order chi connectivity index (χ1) is 7.70. The Balaban J connectivity index is 2.45. The number of benzene rings is 1. The molecule has 0 radical (unpaired) electrons. The molecule has 0 unspecified atom stereocenters. The van der Waals surface area contributed by atoms with Gasteiger partial charge in [-0.1, -0.05) is 18.2 Å². The van der Waals surface area contributed by atoms with Gasteiger partial charge in [0, 0.05) is 5.56 Å². The summed E-state index contributed by atoms with van der Waals surface area (Å²) in [6.07, 6.45) is 6.28. The number of hydrogen-bond donors (Lipinski definition) is 2. The zero-order valence-corrected chi connectivity index (χ0v) is 8.94. The molecule has 1 aromatic rings. The molecule has 0 heterocycles. The third-order valence-electron chi connectivity index (χ3n) is 2.90. The first-order valence-electron chi connectivity index (χ1n) is 5.45. The zero-order chi connectivity index (χ0) is 11.5. The van der Waals surface area contributed by atoms with Crippen LogP contribution in [-0.2, 0) is 0 Å². The van der Waals surface area contributed by atoms with Crippen molar-refractivity contribution in [2.45, 2.75) is 25.7 Å². The van der Waals surface area contributed by atoms with Gasteiger partial charge in [-0.3, -0.25) is 0 Å². The van der Waals surface area contributed by atoms with E-state index in [2.05, 4.69) is 6.08 Å². The van der Waals surface area contributed by atoms with E-state index >= 15 is 0 Å². The minimum absolute atomic E-state index is 0.0241. The van der Waals surface area contributed by atoms with Crippen molar-refractivity contribution in [2.24, 2.45) is 0 Å². The first kappa shape index (κ1) is 10.7. The second kappa shape index (κ2) is 4.39. The van der Waals surface area contributed by atoms with Gasteiger partial charge in [0.1, 0.15) is 11.3 Å². The smallest absolute Gasteiger partial charge is 0.339 e. The van der Waals surface area contributed by atoms with Gasteiger partial charge in [0.2, 0.25) is 0 Å². The molecule has 0 amide bonds. The summed E-state index contributed by atoms with van der Waals surface area (Å²) in [5.74, 6) is -1.20. The van der Waals surface area contributed by atoms with Crippen molar-refractivity contribution < 1.29 is 15.0 Å². The Morgan fingerprint density at radius 3 is 2.69 bits per heavy atom. The molecular weight excluding hydrogens is 204 g/mol. The average Bonchev–Trinajstić information content (AvgIpc) is 2.30. The van der Waals surface area contributed by atoms with Crippen LogP contribution in [0.2, 0.25) is 0 Å². The van der Waals surface area contributed by atoms with Crippen molar-refractivity contribution in [1.29, 1.82) is 0 Å². The Hall–Kier alpha value is -1.77. The lowest BCUT2D eigenvalue weighted by Crippen LogP contribution is -2.00. The van der Waals surface area contributed by atoms with E-state index in [1.165, 1.54) is 12.5 Å². The normalized spacial score (nSPS) is 15.6. The van der Waals surface area contributed by atoms with Gasteiger partial charge in [0.05, 0.1) is 0 Å². The molecule has 0 aromatic heterocycles. The summed E-state index contributed by atoms with van der Waals surface area (Å²) in [4.78, 5) is 10.9. The SMILES string of the molecule is O=C(O)c1cccc(C2=CCCCC2)c1O. The molecule has 84 valence electrons. The third-order valence-corrected chi connectivity index (χ3v) is 2.90. The van der Waals surface area contributed by atoms with E-state index in [0.29, 0.717) is 5.56 Å². The van der Waals surface area contributed by atoms with E-state index in [-0.39, 0.29) is 11.3 Å². The second-order valence-corrected chi connectivity index (χ2v) is 3.98. The fourth-order valence-electron chi connectivity index (χ4n) is 2.06. The van der Waals surface area contributed by atoms with Crippen molar-refractivity contribution in [3.63, 3.8) is 0 Å². The molecule has 0 saturated carbocycles. The number of aromatic carboxylic acids is 1. The highest BCUT2D eigenvalue weighted by atomic mass is 16.4. The number of rotatable bonds is 2. The van der Waals surface area contributed by atoms with E-state index in [9.17, 15) is 9.90 Å². The summed E-state index contributed by atoms with van der Waals surface area (Å²) in [7, 11) is 0. The fraction of sp³-hybridized carbons (Fsp3) is 0.308. The van der Waals surface area contributed by atoms with Crippen LogP contribution in [0.4, 0.5) is 0 Å². The highest BCUT2D eigenvalue weighted by molar-refractivity contribution is 5.93. The Kier molecular flexibility index (Phi) is 2.95. The van der Waals surface area contributed by atoms with E-state index < -0.39 is 5.97 Å². The third kappa shape index (κ3) is 1.94. The zero-order valence-electron chi connectivity index (χ0n) is 8.94. The van der Waals surface area contributed by atoms with Crippen LogP contribution in [0.1, 0.15) is 41.6 Å². The molecule has 2 N–H and O–H groups in total. The highest BCUT2D eigenvalue weighted by Gasteiger charge is 2.16. The Morgan fingerprint density at radius 2 is 2.06 bits per heavy atom. The molecule has 2 rings (SSSR count). The predicted molar refractivity (Wildman–Crippen MR) is 61.5 cm³/mol. The Labute approximate surface area is 94.0 Å². The quantitative estimate of drug-likeness (QED) is 0.802. The lowest BCUT2D eigenvalue weighted by Gasteiger charge is -2.14. The molecule has 0 bridgehead atoms. The van der Waals surface area contributed by atoms with Crippen LogP contribution in [-0.4, -0.2) is 16.2 Å². The number of aromatic hydroxyl groups is 1. The van der Waals surface area contributed by atoms with E-state index in [0.717, 1.165) is 24.8 Å². The predicted octanol–water partition coefficient (Wildman–Crippen LogP) is 3.05. The van der Waals surface area contributed by atoms with E-state index in [1.807, 2.05) is 0 Å². The van der Waals surface area contributed by atoms with E-state index in [4.69, 9.17) is 5.11 Å². The van der Waals surface area contributed by atoms with Crippen molar-refractivity contribution in [2.75, 3.05) is 0 Å². The van der Waals surface area contributed by atoms with Crippen molar-refractivity contribution >= 4 is 11.5 Å². The van der Waals surface area contributed by atoms with Gasteiger partial charge in [0.15, 0.2) is 0 Å². The molecule has 0 fully saturated rings. The summed E-state index contributed by atoms with van der Waals surface area (Å²) < 4.78 is 0. The maximum Gasteiger partial charge on any atom is 0.339 e. The topological polar surface area (TPSA) is 57.5 Å². The van der Waals surface area contributed by atoms with Gasteiger partial charge in [0.25, 0.3) is 0 Å². The fourth-order valence-corrected chi connectivity index (χ4v) is 2.06. The van der Waals surface area contributed by atoms with Crippen LogP contribution in [0.15, 0.2) is 24.3 Å². The maximum absolute atomic E-state index is 10.9. The molecule has 0 saturated heterocycles. The number of hydrogen-bond acceptors (Lipinski definition) is 2. The van der Waals surface area contributed by atoms with Gasteiger partial charge < -0.3 is 10.2 Å². The second-order valence-electron chi connectivity index (χ2n) is 3.98. The average molecular weight is 218 g/mol. The highest BCUT2D eigenvalue weighted by Crippen LogP contribution is 2.34. The summed E-state index contributed by atoms with van der Waals surface area (Å²) in [5.41, 5.74) is 1.70. The minimum atomic E-state index is -1.09. The molecule has 0 aliphatic heterocycles. The number of allylic oxidation sites excluding steroid dienone is 2. The lowest BCUT2D eigenvalue weighted by atomic mass is 9.92. The number of carbonyl (C=O) groups is 1. The number of para-hydroxylation sites is 1. The lowest BCUT2D eigenvalue weighted by molar-refractivity contribution is 0.0693. The maximum atomic E-state index is 10.9. The van der Waals surface area contributed by atoms with Gasteiger partial charge in [-0.05, 0) is 37.3 Å². The van der Waals surface area contributed by atoms with Crippen LogP contribution in [0.25, 0.3) is 5.57 Å². The summed E-state index contributed by atoms with van der Waals surface area (Å²) in [6, 6.07) is 4.87. The first-order valence-corrected chi connectivity index (χ1v) is 5.45. The largest absolute Gasteiger partial charge is 0.506 e. The Bertz CT molecular complexity index is 446. The molecule has 3 heteroatoms. The minimum Gasteiger partial charge on any atom is -0.506 e. The molecule has 0 spiro atoms. The standard InChI is InChI=1S/C13H14O3/c14-12-10(9-5-2-1-3-6-9)7-4-8-11(12)13(15)16/h4-5,7-8,14H,1-3,6H2,(H,15,16). The molecule has 1 aliphatic carbocycles. The van der Waals surface area contributed by atoms with Gasteiger partial charge >= 0.3 is 5.97 Å². The molecule has 16 heavy (non-hydrogen) atoms. The van der Waals surface area contributed by atoms with Gasteiger partial charge in [-0.25, -0.2) is 4.79 Å². The van der Waals surface area contributed by atoms with Crippen LogP contribution in [0.5, 0.6) is 5.75 Å². The van der Waals surface area contributed by atoms with Crippen molar-refractivity contribution in [3.8, 4) is 5.75 Å². The van der Waals surface area contributed by atoms with Gasteiger partial charge in [-0.2, -0.15) is 0 Å². The van der Waals surface area contributed by atoms with Gasteiger partial charge in [-0.15, -0.1) is 0 Å². The number of carboxylic acids is 1. The van der Waals surface area contributed by atoms with Crippen molar-refractivity contribution in [1.82, 2.24) is 0 Å². The summed E-state index contributed by atoms with van der Waals surface area (Å²) in [5, 5.41) is 18.8. The molecule has 1 aromatic carbocycles. The Morgan fingerprint density at radius 1 is 1.25 bits per heavy atom. The van der Waals surface area contributed by atoms with Crippen LogP contribution < -0.4 is 0 Å². The van der Waals surface area contributed by atoms with Crippen molar-refractivity contribution in [3.05, 3.63) is 35.4 Å². The summed E-state index contributed by atoms with van der Waals surface area (Å²) in [6.45, 7) is 0. The van der Waals surface area contributed by atoms with Crippen LogP contribution >= 0.6 is 0 Å². The molecule has 1 aliphatic rings. The number of carboxylic acid groups (broad SMARTS) is 1. The molecule has 0 atom stereocenters. The summed E-state index contributed by atoms with van der Waals surface area (Å²) >= 11 is 0. The monoisotopic (exact) mass is 218 g/mol. The van der Waals surface area contributed by atoms with E-state index in [1.54, 1.807) is 12.1 Å². The van der Waals surface area contributed by atoms with Crippen LogP contribution in [0.3, 0.4) is 0 Å². The van der Waals surface area contributed by atoms with Crippen LogP contribution in [0, 0.1) is 0 Å². The molecular formula is C13H14O3. The number of phenols is 1. The molecule has 3 nitrogen and oxygen atoms in total.